The molecule has 5 heteroatoms. The zero-order valence-electron chi connectivity index (χ0n) is 10.2. The van der Waals surface area contributed by atoms with Gasteiger partial charge in [0, 0.05) is 32.8 Å². The number of carboxylic acids is 1. The summed E-state index contributed by atoms with van der Waals surface area (Å²) >= 11 is 0. The molecule has 1 heterocycles. The van der Waals surface area contributed by atoms with Gasteiger partial charge in [-0.1, -0.05) is 0 Å². The molecule has 0 spiro atoms. The predicted molar refractivity (Wildman–Crippen MR) is 59.5 cm³/mol. The minimum Gasteiger partial charge on any atom is -0.480 e. The van der Waals surface area contributed by atoms with Crippen LogP contribution in [0.15, 0.2) is 0 Å². The molecular weight excluding hydrogens is 210 g/mol. The van der Waals surface area contributed by atoms with Crippen LogP contribution in [0.4, 0.5) is 0 Å². The first-order valence-electron chi connectivity index (χ1n) is 5.55. The maximum atomic E-state index is 10.4. The fraction of sp³-hybridized carbons (Fsp3) is 0.909. The number of hydrogen-bond donors (Lipinski definition) is 1. The molecule has 0 amide bonds. The Bertz CT molecular complexity index is 238. The summed E-state index contributed by atoms with van der Waals surface area (Å²) < 4.78 is 10.4. The first-order valence-corrected chi connectivity index (χ1v) is 5.55. The Labute approximate surface area is 96.3 Å². The number of nitrogens with zero attached hydrogens (tertiary/aromatic N) is 1. The van der Waals surface area contributed by atoms with Crippen molar-refractivity contribution in [2.75, 3.05) is 33.4 Å². The molecular formula is C11H21NO4. The van der Waals surface area contributed by atoms with Crippen molar-refractivity contribution in [3.63, 3.8) is 0 Å². The fourth-order valence-electron chi connectivity index (χ4n) is 1.92. The zero-order valence-corrected chi connectivity index (χ0v) is 10.2. The normalized spacial score (nSPS) is 21.4. The highest BCUT2D eigenvalue weighted by molar-refractivity contribution is 5.68. The summed E-state index contributed by atoms with van der Waals surface area (Å²) in [5.41, 5.74) is -0.292. The lowest BCUT2D eigenvalue weighted by Gasteiger charge is -2.50. The van der Waals surface area contributed by atoms with E-state index in [0.717, 1.165) is 26.1 Å². The first-order chi connectivity index (χ1) is 7.47. The molecule has 0 aromatic rings. The predicted octanol–water partition coefficient (Wildman–Crippen LogP) is 0.587. The van der Waals surface area contributed by atoms with Gasteiger partial charge in [0.1, 0.15) is 6.61 Å². The maximum absolute atomic E-state index is 10.4. The standard InChI is InChI=1S/C11H21NO4/c1-9(4-5-15-3)12-7-11(2,8-12)16-6-10(13)14/h9H,4-8H2,1-3H3,(H,13,14). The number of aliphatic carboxylic acids is 1. The molecule has 1 saturated heterocycles. The van der Waals surface area contributed by atoms with Crippen molar-refractivity contribution >= 4 is 5.97 Å². The second-order valence-corrected chi connectivity index (χ2v) is 4.67. The van der Waals surface area contributed by atoms with Crippen molar-refractivity contribution in [3.05, 3.63) is 0 Å². The number of hydrogen-bond acceptors (Lipinski definition) is 4. The molecule has 0 saturated carbocycles. The molecule has 1 aliphatic heterocycles. The van der Waals surface area contributed by atoms with Crippen LogP contribution >= 0.6 is 0 Å². The Kier molecular flexibility index (Phi) is 4.70. The lowest BCUT2D eigenvalue weighted by atomic mass is 9.93. The Hall–Kier alpha value is -0.650. The molecule has 0 radical (unpaired) electrons. The molecule has 1 unspecified atom stereocenters. The van der Waals surface area contributed by atoms with E-state index in [0.29, 0.717) is 6.04 Å². The van der Waals surface area contributed by atoms with Gasteiger partial charge in [-0.3, -0.25) is 4.90 Å². The number of likely N-dealkylation sites (tertiary alicyclic amines) is 1. The van der Waals surface area contributed by atoms with Gasteiger partial charge in [0.25, 0.3) is 0 Å². The third-order valence-electron chi connectivity index (χ3n) is 2.98. The molecule has 0 aromatic carbocycles. The smallest absolute Gasteiger partial charge is 0.329 e. The van der Waals surface area contributed by atoms with Crippen molar-refractivity contribution < 1.29 is 19.4 Å². The van der Waals surface area contributed by atoms with Crippen LogP contribution in [0.2, 0.25) is 0 Å². The van der Waals surface area contributed by atoms with Crippen molar-refractivity contribution in [1.82, 2.24) is 4.90 Å². The van der Waals surface area contributed by atoms with E-state index < -0.39 is 5.97 Å². The van der Waals surface area contributed by atoms with Crippen molar-refractivity contribution in [3.8, 4) is 0 Å². The van der Waals surface area contributed by atoms with E-state index in [4.69, 9.17) is 14.6 Å². The third kappa shape index (κ3) is 3.73. The van der Waals surface area contributed by atoms with E-state index in [1.807, 2.05) is 6.92 Å². The van der Waals surface area contributed by atoms with E-state index >= 15 is 0 Å². The average molecular weight is 231 g/mol. The van der Waals surface area contributed by atoms with Crippen LogP contribution < -0.4 is 0 Å². The lowest BCUT2D eigenvalue weighted by molar-refractivity contribution is -0.169. The van der Waals surface area contributed by atoms with Gasteiger partial charge in [0.05, 0.1) is 5.60 Å². The quantitative estimate of drug-likeness (QED) is 0.695. The fourth-order valence-corrected chi connectivity index (χ4v) is 1.92. The van der Waals surface area contributed by atoms with Gasteiger partial charge in [-0.05, 0) is 20.3 Å². The van der Waals surface area contributed by atoms with Gasteiger partial charge in [0.2, 0.25) is 0 Å². The van der Waals surface area contributed by atoms with Crippen LogP contribution in [0, 0.1) is 0 Å². The highest BCUT2D eigenvalue weighted by Crippen LogP contribution is 2.27. The molecule has 0 aliphatic carbocycles. The van der Waals surface area contributed by atoms with E-state index in [1.54, 1.807) is 7.11 Å². The first kappa shape index (κ1) is 13.4. The van der Waals surface area contributed by atoms with Crippen LogP contribution in [0.5, 0.6) is 0 Å². The summed E-state index contributed by atoms with van der Waals surface area (Å²) in [5, 5.41) is 8.53. The van der Waals surface area contributed by atoms with Gasteiger partial charge >= 0.3 is 5.97 Å². The summed E-state index contributed by atoms with van der Waals surface area (Å²) in [6.45, 7) is 6.24. The molecule has 94 valence electrons. The van der Waals surface area contributed by atoms with Crippen molar-refractivity contribution in [2.45, 2.75) is 31.9 Å². The van der Waals surface area contributed by atoms with E-state index in [1.165, 1.54) is 0 Å². The molecule has 1 rings (SSSR count). The van der Waals surface area contributed by atoms with E-state index in [-0.39, 0.29) is 12.2 Å². The van der Waals surface area contributed by atoms with Crippen LogP contribution in [0.25, 0.3) is 0 Å². The zero-order chi connectivity index (χ0) is 12.2. The summed E-state index contributed by atoms with van der Waals surface area (Å²) in [6.07, 6.45) is 0.992. The minimum absolute atomic E-state index is 0.212. The van der Waals surface area contributed by atoms with Gasteiger partial charge in [0.15, 0.2) is 0 Å². The Morgan fingerprint density at radius 3 is 2.69 bits per heavy atom. The molecule has 5 nitrogen and oxygen atoms in total. The maximum Gasteiger partial charge on any atom is 0.329 e. The van der Waals surface area contributed by atoms with Crippen molar-refractivity contribution in [1.29, 1.82) is 0 Å². The molecule has 1 atom stereocenters. The average Bonchev–Trinajstić information content (AvgIpc) is 2.19. The number of methoxy groups -OCH3 is 1. The van der Waals surface area contributed by atoms with Gasteiger partial charge in [-0.15, -0.1) is 0 Å². The second kappa shape index (κ2) is 5.61. The summed E-state index contributed by atoms with van der Waals surface area (Å²) in [4.78, 5) is 12.7. The number of carboxylic acid groups (broad SMARTS) is 1. The summed E-state index contributed by atoms with van der Waals surface area (Å²) in [6, 6.07) is 0.460. The Morgan fingerprint density at radius 1 is 1.56 bits per heavy atom. The third-order valence-corrected chi connectivity index (χ3v) is 2.98. The Morgan fingerprint density at radius 2 is 2.19 bits per heavy atom. The number of carbonyl (C=O) groups is 1. The summed E-state index contributed by atoms with van der Waals surface area (Å²) in [5.74, 6) is -0.910. The second-order valence-electron chi connectivity index (χ2n) is 4.67. The van der Waals surface area contributed by atoms with Crippen molar-refractivity contribution in [2.24, 2.45) is 0 Å². The van der Waals surface area contributed by atoms with E-state index in [9.17, 15) is 4.79 Å². The SMILES string of the molecule is COCCC(C)N1CC(C)(OCC(=O)O)C1. The summed E-state index contributed by atoms with van der Waals surface area (Å²) in [7, 11) is 1.70. The van der Waals surface area contributed by atoms with E-state index in [2.05, 4.69) is 11.8 Å². The molecule has 1 N–H and O–H groups in total. The molecule has 1 aliphatic rings. The lowest BCUT2D eigenvalue weighted by Crippen LogP contribution is -2.64. The molecule has 0 aromatic heterocycles. The largest absolute Gasteiger partial charge is 0.480 e. The van der Waals surface area contributed by atoms with Crippen LogP contribution in [0.1, 0.15) is 20.3 Å². The van der Waals surface area contributed by atoms with Crippen LogP contribution in [0.3, 0.4) is 0 Å². The van der Waals surface area contributed by atoms with Crippen LogP contribution in [-0.4, -0.2) is 61.0 Å². The Balaban J connectivity index is 2.21. The van der Waals surface area contributed by atoms with Gasteiger partial charge in [-0.2, -0.15) is 0 Å². The highest BCUT2D eigenvalue weighted by Gasteiger charge is 2.41. The number of ether oxygens (including phenoxy) is 2. The van der Waals surface area contributed by atoms with Crippen LogP contribution in [-0.2, 0) is 14.3 Å². The molecule has 0 bridgehead atoms. The molecule has 16 heavy (non-hydrogen) atoms. The van der Waals surface area contributed by atoms with Gasteiger partial charge < -0.3 is 14.6 Å². The monoisotopic (exact) mass is 231 g/mol. The topological polar surface area (TPSA) is 59.0 Å². The highest BCUT2D eigenvalue weighted by atomic mass is 16.5. The number of rotatable bonds is 7. The molecule has 1 fully saturated rings. The minimum atomic E-state index is -0.910. The van der Waals surface area contributed by atoms with Gasteiger partial charge in [-0.25, -0.2) is 4.79 Å².